The van der Waals surface area contributed by atoms with E-state index in [0.29, 0.717) is 12.4 Å². The van der Waals surface area contributed by atoms with Crippen molar-refractivity contribution in [2.24, 2.45) is 0 Å². The van der Waals surface area contributed by atoms with E-state index in [-0.39, 0.29) is 23.8 Å². The lowest BCUT2D eigenvalue weighted by Gasteiger charge is -2.42. The third-order valence-electron chi connectivity index (χ3n) is 7.22. The van der Waals surface area contributed by atoms with Crippen molar-refractivity contribution in [2.75, 3.05) is 38.2 Å². The summed E-state index contributed by atoms with van der Waals surface area (Å²) in [5, 5.41) is 6.85. The summed E-state index contributed by atoms with van der Waals surface area (Å²) in [6.45, 7) is 4.52. The molecule has 1 atom stereocenters. The number of ether oxygens (including phenoxy) is 2. The molecule has 190 valence electrons. The number of aryl methyl sites for hydroxylation is 1. The zero-order valence-corrected chi connectivity index (χ0v) is 21.2. The van der Waals surface area contributed by atoms with Crippen LogP contribution in [-0.2, 0) is 6.42 Å². The molecule has 0 spiro atoms. The zero-order valence-electron chi connectivity index (χ0n) is 21.2. The number of nitrogens with zero attached hydrogens (tertiary/aromatic N) is 4. The quantitative estimate of drug-likeness (QED) is 0.454. The predicted octanol–water partition coefficient (Wildman–Crippen LogP) is 4.06. The lowest BCUT2D eigenvalue weighted by atomic mass is 10.0. The van der Waals surface area contributed by atoms with Crippen LogP contribution < -0.4 is 14.4 Å². The molecule has 2 fully saturated rings. The van der Waals surface area contributed by atoms with E-state index >= 15 is 0 Å². The molecule has 2 heterocycles. The summed E-state index contributed by atoms with van der Waals surface area (Å²) >= 11 is 0. The lowest BCUT2D eigenvalue weighted by molar-refractivity contribution is 0.0865. The van der Waals surface area contributed by atoms with Gasteiger partial charge in [0.15, 0.2) is 11.5 Å². The Kier molecular flexibility index (Phi) is 7.51. The first-order valence-electron chi connectivity index (χ1n) is 12.9. The largest absolute Gasteiger partial charge is 0.493 e. The highest BCUT2D eigenvalue weighted by atomic mass is 16.5. The highest BCUT2D eigenvalue weighted by molar-refractivity contribution is 5.94. The number of anilines is 1. The molecule has 1 N–H and O–H groups in total. The smallest absolute Gasteiger partial charge is 0.218 e. The molecule has 2 aliphatic rings. The Morgan fingerprint density at radius 1 is 1.08 bits per heavy atom. The van der Waals surface area contributed by atoms with E-state index in [1.165, 1.54) is 18.4 Å². The minimum atomic E-state index is -0.0532. The van der Waals surface area contributed by atoms with Crippen molar-refractivity contribution in [2.45, 2.75) is 51.2 Å². The van der Waals surface area contributed by atoms with Crippen molar-refractivity contribution in [1.82, 2.24) is 20.1 Å². The number of rotatable bonds is 9. The minimum absolute atomic E-state index is 0.0532. The van der Waals surface area contributed by atoms with E-state index in [2.05, 4.69) is 61.4 Å². The summed E-state index contributed by atoms with van der Waals surface area (Å²) < 4.78 is 12.0. The van der Waals surface area contributed by atoms with Crippen molar-refractivity contribution < 1.29 is 14.3 Å². The molecule has 1 aliphatic heterocycles. The van der Waals surface area contributed by atoms with Gasteiger partial charge in [0.2, 0.25) is 11.6 Å². The standard InChI is InChI=1S/C28H35N5O3/c1-20-29-28(31-30-20)25(34)19-33-15-14-32(18-23(33)16-21-8-4-3-5-9-21)22-12-13-26(35-2)27(17-22)36-24-10-6-7-11-24/h3-5,8-9,12-13,17,23-24H,6-7,10-11,14-16,18-19H2,1-2H3,(H,29,30,31)/t23-/m0/s1. The van der Waals surface area contributed by atoms with Crippen LogP contribution in [0, 0.1) is 6.92 Å². The lowest BCUT2D eigenvalue weighted by Crippen LogP contribution is -2.55. The number of H-pyrrole nitrogens is 1. The number of aromatic amines is 1. The second-order valence-corrected chi connectivity index (χ2v) is 9.79. The van der Waals surface area contributed by atoms with Crippen molar-refractivity contribution in [3.05, 3.63) is 65.7 Å². The van der Waals surface area contributed by atoms with E-state index in [1.54, 1.807) is 14.0 Å². The third-order valence-corrected chi connectivity index (χ3v) is 7.22. The van der Waals surface area contributed by atoms with Gasteiger partial charge in [0.05, 0.1) is 19.8 Å². The highest BCUT2D eigenvalue weighted by Crippen LogP contribution is 2.35. The van der Waals surface area contributed by atoms with E-state index in [9.17, 15) is 4.79 Å². The van der Waals surface area contributed by atoms with E-state index in [0.717, 1.165) is 56.1 Å². The Hall–Kier alpha value is -3.39. The number of nitrogens with one attached hydrogen (secondary N) is 1. The van der Waals surface area contributed by atoms with E-state index in [1.807, 2.05) is 12.1 Å². The summed E-state index contributed by atoms with van der Waals surface area (Å²) in [6, 6.07) is 16.9. The van der Waals surface area contributed by atoms with Crippen LogP contribution in [0.25, 0.3) is 0 Å². The van der Waals surface area contributed by atoms with Crippen LogP contribution >= 0.6 is 0 Å². The number of piperazine rings is 1. The SMILES string of the molecule is COc1ccc(N2CCN(CC(=O)c3n[nH]c(C)n3)[C@@H](Cc3ccccc3)C2)cc1OC1CCCC1. The molecule has 5 rings (SSSR count). The molecular weight excluding hydrogens is 454 g/mol. The van der Waals surface area contributed by atoms with Crippen LogP contribution in [0.1, 0.15) is 47.7 Å². The number of benzene rings is 2. The Morgan fingerprint density at radius 3 is 2.61 bits per heavy atom. The van der Waals surface area contributed by atoms with Crippen LogP contribution in [0.15, 0.2) is 48.5 Å². The molecule has 0 unspecified atom stereocenters. The number of Topliss-reactive ketones (excluding diaryl/α,β-unsaturated/α-hetero) is 1. The van der Waals surface area contributed by atoms with Crippen LogP contribution in [0.2, 0.25) is 0 Å². The first-order valence-corrected chi connectivity index (χ1v) is 12.9. The first kappa shape index (κ1) is 24.3. The van der Waals surface area contributed by atoms with Gasteiger partial charge in [0, 0.05) is 37.4 Å². The van der Waals surface area contributed by atoms with Crippen molar-refractivity contribution in [3.8, 4) is 11.5 Å². The third kappa shape index (κ3) is 5.70. The number of methoxy groups -OCH3 is 1. The second kappa shape index (κ2) is 11.1. The van der Waals surface area contributed by atoms with E-state index in [4.69, 9.17) is 9.47 Å². The molecule has 2 aromatic carbocycles. The van der Waals surface area contributed by atoms with Gasteiger partial charge in [-0.15, -0.1) is 0 Å². The molecular formula is C28H35N5O3. The molecule has 1 aromatic heterocycles. The number of ketones is 1. The summed E-state index contributed by atoms with van der Waals surface area (Å²) in [6.07, 6.45) is 5.78. The van der Waals surface area contributed by atoms with E-state index < -0.39 is 0 Å². The zero-order chi connectivity index (χ0) is 24.9. The van der Waals surface area contributed by atoms with Gasteiger partial charge in [-0.3, -0.25) is 14.8 Å². The Morgan fingerprint density at radius 2 is 1.89 bits per heavy atom. The van der Waals surface area contributed by atoms with Crippen molar-refractivity contribution in [1.29, 1.82) is 0 Å². The van der Waals surface area contributed by atoms with Gasteiger partial charge in [0.25, 0.3) is 0 Å². The van der Waals surface area contributed by atoms with Crippen molar-refractivity contribution >= 4 is 11.5 Å². The maximum absolute atomic E-state index is 12.9. The first-order chi connectivity index (χ1) is 17.6. The molecule has 3 aromatic rings. The highest BCUT2D eigenvalue weighted by Gasteiger charge is 2.30. The van der Waals surface area contributed by atoms with Gasteiger partial charge >= 0.3 is 0 Å². The van der Waals surface area contributed by atoms with Crippen LogP contribution in [0.3, 0.4) is 0 Å². The maximum Gasteiger partial charge on any atom is 0.218 e. The number of hydrogen-bond acceptors (Lipinski definition) is 7. The molecule has 0 radical (unpaired) electrons. The number of carbonyl (C=O) groups is 1. The molecule has 1 saturated carbocycles. The average molecular weight is 490 g/mol. The van der Waals surface area contributed by atoms with Gasteiger partial charge in [-0.1, -0.05) is 30.3 Å². The minimum Gasteiger partial charge on any atom is -0.493 e. The van der Waals surface area contributed by atoms with Gasteiger partial charge in [-0.2, -0.15) is 5.10 Å². The van der Waals surface area contributed by atoms with Crippen LogP contribution in [-0.4, -0.2) is 71.3 Å². The normalized spacial score (nSPS) is 18.9. The number of hydrogen-bond donors (Lipinski definition) is 1. The monoisotopic (exact) mass is 489 g/mol. The van der Waals surface area contributed by atoms with Gasteiger partial charge in [-0.25, -0.2) is 4.98 Å². The summed E-state index contributed by atoms with van der Waals surface area (Å²) in [4.78, 5) is 21.8. The topological polar surface area (TPSA) is 83.6 Å². The second-order valence-electron chi connectivity index (χ2n) is 9.79. The van der Waals surface area contributed by atoms with Gasteiger partial charge in [-0.05, 0) is 56.7 Å². The molecule has 0 bridgehead atoms. The Bertz CT molecular complexity index is 1160. The Balaban J connectivity index is 1.34. The van der Waals surface area contributed by atoms with Gasteiger partial charge in [0.1, 0.15) is 5.82 Å². The fourth-order valence-corrected chi connectivity index (χ4v) is 5.28. The van der Waals surface area contributed by atoms with Crippen LogP contribution in [0.4, 0.5) is 5.69 Å². The summed E-state index contributed by atoms with van der Waals surface area (Å²) in [5.41, 5.74) is 2.38. The molecule has 8 heteroatoms. The molecule has 8 nitrogen and oxygen atoms in total. The molecule has 1 saturated heterocycles. The fourth-order valence-electron chi connectivity index (χ4n) is 5.28. The summed E-state index contributed by atoms with van der Waals surface area (Å²) in [5.74, 6) is 2.45. The number of carbonyl (C=O) groups excluding carboxylic acids is 1. The summed E-state index contributed by atoms with van der Waals surface area (Å²) in [7, 11) is 1.69. The Labute approximate surface area is 212 Å². The van der Waals surface area contributed by atoms with Crippen LogP contribution in [0.5, 0.6) is 11.5 Å². The van der Waals surface area contributed by atoms with Gasteiger partial charge < -0.3 is 14.4 Å². The van der Waals surface area contributed by atoms with Crippen molar-refractivity contribution in [3.63, 3.8) is 0 Å². The average Bonchev–Trinajstić information content (AvgIpc) is 3.57. The number of aromatic nitrogens is 3. The predicted molar refractivity (Wildman–Crippen MR) is 139 cm³/mol. The molecule has 1 aliphatic carbocycles. The molecule has 0 amide bonds. The maximum atomic E-state index is 12.9. The fraction of sp³-hybridized carbons (Fsp3) is 0.464. The molecule has 36 heavy (non-hydrogen) atoms.